The van der Waals surface area contributed by atoms with Crippen molar-refractivity contribution < 1.29 is 13.9 Å². The van der Waals surface area contributed by atoms with E-state index in [0.29, 0.717) is 6.54 Å². The molecule has 0 spiro atoms. The van der Waals surface area contributed by atoms with Crippen LogP contribution < -0.4 is 10.1 Å². The van der Waals surface area contributed by atoms with E-state index in [1.807, 2.05) is 0 Å². The van der Waals surface area contributed by atoms with Crippen LogP contribution in [-0.4, -0.2) is 18.6 Å². The fourth-order valence-electron chi connectivity index (χ4n) is 1.27. The van der Waals surface area contributed by atoms with E-state index in [1.165, 1.54) is 25.1 Å². The molecule has 0 aliphatic rings. The molecule has 1 atom stereocenters. The molecule has 0 heterocycles. The first-order chi connectivity index (χ1) is 8.10. The molecule has 0 radical (unpaired) electrons. The first kappa shape index (κ1) is 13.0. The lowest BCUT2D eigenvalue weighted by molar-refractivity contribution is -0.127. The minimum absolute atomic E-state index is 0.0752. The van der Waals surface area contributed by atoms with Crippen LogP contribution in [0.25, 0.3) is 0 Å². The molecule has 5 heteroatoms. The first-order valence-corrected chi connectivity index (χ1v) is 5.23. The molecule has 0 bridgehead atoms. The van der Waals surface area contributed by atoms with Crippen molar-refractivity contribution >= 4 is 5.91 Å². The molecule has 0 saturated heterocycles. The van der Waals surface area contributed by atoms with Crippen molar-refractivity contribution in [3.05, 3.63) is 29.6 Å². The van der Waals surface area contributed by atoms with Crippen molar-refractivity contribution in [2.24, 2.45) is 0 Å². The summed E-state index contributed by atoms with van der Waals surface area (Å²) in [7, 11) is 0. The van der Waals surface area contributed by atoms with E-state index in [0.717, 1.165) is 0 Å². The van der Waals surface area contributed by atoms with Gasteiger partial charge in [0.1, 0.15) is 23.2 Å². The van der Waals surface area contributed by atoms with Crippen molar-refractivity contribution in [2.45, 2.75) is 20.0 Å². The minimum atomic E-state index is -0.774. The average Bonchev–Trinajstić information content (AvgIpc) is 2.29. The zero-order valence-corrected chi connectivity index (χ0v) is 9.66. The van der Waals surface area contributed by atoms with E-state index in [9.17, 15) is 9.18 Å². The van der Waals surface area contributed by atoms with Gasteiger partial charge in [0, 0.05) is 6.54 Å². The SMILES string of the molecule is CCNC(=O)C(C)Oc1cccc(F)c1C#N. The smallest absolute Gasteiger partial charge is 0.260 e. The lowest BCUT2D eigenvalue weighted by Crippen LogP contribution is -2.36. The molecule has 0 aliphatic heterocycles. The van der Waals surface area contributed by atoms with E-state index in [-0.39, 0.29) is 17.2 Å². The predicted octanol–water partition coefficient (Wildman–Crippen LogP) is 1.60. The highest BCUT2D eigenvalue weighted by Gasteiger charge is 2.17. The number of ether oxygens (including phenoxy) is 1. The molecule has 0 aromatic heterocycles. The zero-order chi connectivity index (χ0) is 12.8. The van der Waals surface area contributed by atoms with E-state index < -0.39 is 11.9 Å². The van der Waals surface area contributed by atoms with E-state index in [1.54, 1.807) is 13.0 Å². The Hall–Kier alpha value is -2.09. The van der Waals surface area contributed by atoms with E-state index in [4.69, 9.17) is 10.00 Å². The summed E-state index contributed by atoms with van der Waals surface area (Å²) in [6.07, 6.45) is -0.774. The highest BCUT2D eigenvalue weighted by atomic mass is 19.1. The number of carbonyl (C=O) groups excluding carboxylic acids is 1. The third-order valence-electron chi connectivity index (χ3n) is 2.11. The van der Waals surface area contributed by atoms with Gasteiger partial charge in [-0.05, 0) is 26.0 Å². The van der Waals surface area contributed by atoms with Crippen LogP contribution in [0.1, 0.15) is 19.4 Å². The molecule has 0 saturated carbocycles. The Bertz CT molecular complexity index is 454. The van der Waals surface area contributed by atoms with Crippen molar-refractivity contribution in [3.63, 3.8) is 0 Å². The van der Waals surface area contributed by atoms with Gasteiger partial charge in [-0.1, -0.05) is 6.07 Å². The van der Waals surface area contributed by atoms with Gasteiger partial charge in [0.25, 0.3) is 5.91 Å². The number of nitrogens with zero attached hydrogens (tertiary/aromatic N) is 1. The molecule has 0 aliphatic carbocycles. The lowest BCUT2D eigenvalue weighted by atomic mass is 10.2. The molecular formula is C12H13FN2O2. The molecule has 90 valence electrons. The average molecular weight is 236 g/mol. The van der Waals surface area contributed by atoms with Crippen LogP contribution >= 0.6 is 0 Å². The molecule has 1 aromatic rings. The molecular weight excluding hydrogens is 223 g/mol. The van der Waals surface area contributed by atoms with Gasteiger partial charge in [0.2, 0.25) is 0 Å². The molecule has 1 amide bonds. The third-order valence-corrected chi connectivity index (χ3v) is 2.11. The Morgan fingerprint density at radius 1 is 1.65 bits per heavy atom. The van der Waals surface area contributed by atoms with Crippen LogP contribution in [0.5, 0.6) is 5.75 Å². The van der Waals surface area contributed by atoms with E-state index in [2.05, 4.69) is 5.32 Å². The van der Waals surface area contributed by atoms with Crippen LogP contribution in [0.2, 0.25) is 0 Å². The first-order valence-electron chi connectivity index (χ1n) is 5.23. The predicted molar refractivity (Wildman–Crippen MR) is 59.9 cm³/mol. The van der Waals surface area contributed by atoms with Crippen LogP contribution in [0, 0.1) is 17.1 Å². The summed E-state index contributed by atoms with van der Waals surface area (Å²) in [5, 5.41) is 11.4. The quantitative estimate of drug-likeness (QED) is 0.863. The Balaban J connectivity index is 2.86. The fraction of sp³-hybridized carbons (Fsp3) is 0.333. The second-order valence-electron chi connectivity index (χ2n) is 3.38. The molecule has 1 unspecified atom stereocenters. The van der Waals surface area contributed by atoms with Gasteiger partial charge in [-0.2, -0.15) is 5.26 Å². The Labute approximate surface area is 99.0 Å². The van der Waals surface area contributed by atoms with Crippen molar-refractivity contribution in [1.29, 1.82) is 5.26 Å². The Morgan fingerprint density at radius 2 is 2.35 bits per heavy atom. The van der Waals surface area contributed by atoms with E-state index >= 15 is 0 Å². The number of amides is 1. The summed E-state index contributed by atoms with van der Waals surface area (Å²) in [4.78, 5) is 11.4. The van der Waals surface area contributed by atoms with Crippen LogP contribution in [0.15, 0.2) is 18.2 Å². The summed E-state index contributed by atoms with van der Waals surface area (Å²) in [5.74, 6) is -0.889. The summed E-state index contributed by atoms with van der Waals surface area (Å²) in [6.45, 7) is 3.81. The molecule has 1 N–H and O–H groups in total. The van der Waals surface area contributed by atoms with Crippen molar-refractivity contribution in [3.8, 4) is 11.8 Å². The monoisotopic (exact) mass is 236 g/mol. The van der Waals surface area contributed by atoms with Gasteiger partial charge >= 0.3 is 0 Å². The van der Waals surface area contributed by atoms with Gasteiger partial charge in [0.15, 0.2) is 6.10 Å². The second kappa shape index (κ2) is 5.85. The number of carbonyl (C=O) groups is 1. The van der Waals surface area contributed by atoms with Crippen molar-refractivity contribution in [1.82, 2.24) is 5.32 Å². The van der Waals surface area contributed by atoms with Gasteiger partial charge in [0.05, 0.1) is 0 Å². The molecule has 4 nitrogen and oxygen atoms in total. The summed E-state index contributed by atoms with van der Waals surface area (Å²) in [5.41, 5.74) is -0.191. The summed E-state index contributed by atoms with van der Waals surface area (Å²) >= 11 is 0. The molecule has 1 rings (SSSR count). The number of nitriles is 1. The number of benzene rings is 1. The van der Waals surface area contributed by atoms with Crippen LogP contribution in [0.3, 0.4) is 0 Å². The number of rotatable bonds is 4. The molecule has 17 heavy (non-hydrogen) atoms. The minimum Gasteiger partial charge on any atom is -0.479 e. The van der Waals surface area contributed by atoms with Gasteiger partial charge in [-0.25, -0.2) is 4.39 Å². The molecule has 0 fully saturated rings. The highest BCUT2D eigenvalue weighted by Crippen LogP contribution is 2.21. The topological polar surface area (TPSA) is 62.1 Å². The Kier molecular flexibility index (Phi) is 4.46. The fourth-order valence-corrected chi connectivity index (χ4v) is 1.27. The largest absolute Gasteiger partial charge is 0.479 e. The van der Waals surface area contributed by atoms with Gasteiger partial charge < -0.3 is 10.1 Å². The lowest BCUT2D eigenvalue weighted by Gasteiger charge is -2.14. The zero-order valence-electron chi connectivity index (χ0n) is 9.66. The van der Waals surface area contributed by atoms with Crippen LogP contribution in [0.4, 0.5) is 4.39 Å². The van der Waals surface area contributed by atoms with Gasteiger partial charge in [-0.3, -0.25) is 4.79 Å². The standard InChI is InChI=1S/C12H13FN2O2/c1-3-15-12(16)8(2)17-11-6-4-5-10(13)9(11)7-14/h4-6,8H,3H2,1-2H3,(H,15,16). The van der Waals surface area contributed by atoms with Crippen LogP contribution in [-0.2, 0) is 4.79 Å². The highest BCUT2D eigenvalue weighted by molar-refractivity contribution is 5.80. The second-order valence-corrected chi connectivity index (χ2v) is 3.38. The maximum absolute atomic E-state index is 13.2. The maximum Gasteiger partial charge on any atom is 0.260 e. The molecule has 1 aromatic carbocycles. The van der Waals surface area contributed by atoms with Crippen molar-refractivity contribution in [2.75, 3.05) is 6.54 Å². The number of hydrogen-bond donors (Lipinski definition) is 1. The third kappa shape index (κ3) is 3.18. The normalized spacial score (nSPS) is 11.4. The Morgan fingerprint density at radius 3 is 2.94 bits per heavy atom. The number of hydrogen-bond acceptors (Lipinski definition) is 3. The van der Waals surface area contributed by atoms with Gasteiger partial charge in [-0.15, -0.1) is 0 Å². The summed E-state index contributed by atoms with van der Waals surface area (Å²) in [6, 6.07) is 5.76. The maximum atomic E-state index is 13.2. The number of halogens is 1. The summed E-state index contributed by atoms with van der Waals surface area (Å²) < 4.78 is 18.5. The number of nitrogens with one attached hydrogen (secondary N) is 1. The number of likely N-dealkylation sites (N-methyl/N-ethyl adjacent to an activating group) is 1.